The molecule has 2 aliphatic rings. The number of fused-ring (bicyclic) bond motifs is 2. The molecule has 0 saturated heterocycles. The highest BCUT2D eigenvalue weighted by Crippen LogP contribution is 2.27. The van der Waals surface area contributed by atoms with Crippen molar-refractivity contribution in [3.05, 3.63) is 53.1 Å². The normalized spacial score (nSPS) is 19.4. The van der Waals surface area contributed by atoms with E-state index in [0.717, 1.165) is 37.9 Å². The van der Waals surface area contributed by atoms with Gasteiger partial charge in [-0.25, -0.2) is 4.98 Å². The summed E-state index contributed by atoms with van der Waals surface area (Å²) in [5, 5.41) is 3.06. The van der Waals surface area contributed by atoms with E-state index in [1.807, 2.05) is 0 Å². The summed E-state index contributed by atoms with van der Waals surface area (Å²) in [4.78, 5) is 16.9. The first-order valence-electron chi connectivity index (χ1n) is 9.16. The smallest absolute Gasteiger partial charge is 0.220 e. The lowest BCUT2D eigenvalue weighted by Crippen LogP contribution is -2.27. The van der Waals surface area contributed by atoms with Gasteiger partial charge in [0, 0.05) is 25.6 Å². The van der Waals surface area contributed by atoms with E-state index in [4.69, 9.17) is 0 Å². The maximum Gasteiger partial charge on any atom is 0.220 e. The van der Waals surface area contributed by atoms with Gasteiger partial charge in [-0.05, 0) is 49.1 Å². The zero-order chi connectivity index (χ0) is 16.4. The standard InChI is InChI=1S/C20H25N3O/c24-20(12-15-8-9-16-5-1-2-6-17(16)11-15)21-13-18-14-23-10-4-3-7-19(23)22-18/h1-2,5-6,14-15H,3-4,7-13H2,(H,21,24)/t15-/m0/s1. The topological polar surface area (TPSA) is 46.9 Å². The van der Waals surface area contributed by atoms with Crippen LogP contribution in [0, 0.1) is 5.92 Å². The van der Waals surface area contributed by atoms with E-state index in [2.05, 4.69) is 45.3 Å². The third kappa shape index (κ3) is 3.37. The number of rotatable bonds is 4. The Hall–Kier alpha value is -2.10. The molecule has 0 saturated carbocycles. The molecule has 4 heteroatoms. The summed E-state index contributed by atoms with van der Waals surface area (Å²) in [6, 6.07) is 8.62. The molecule has 2 aromatic rings. The van der Waals surface area contributed by atoms with Crippen molar-refractivity contribution in [2.75, 3.05) is 0 Å². The number of carbonyl (C=O) groups excluding carboxylic acids is 1. The number of aryl methyl sites for hydroxylation is 3. The minimum absolute atomic E-state index is 0.158. The lowest BCUT2D eigenvalue weighted by atomic mass is 9.82. The average Bonchev–Trinajstić information content (AvgIpc) is 3.03. The molecule has 1 aliphatic carbocycles. The van der Waals surface area contributed by atoms with Crippen LogP contribution >= 0.6 is 0 Å². The van der Waals surface area contributed by atoms with E-state index in [1.165, 1.54) is 29.8 Å². The first kappa shape index (κ1) is 15.4. The first-order chi connectivity index (χ1) is 11.8. The van der Waals surface area contributed by atoms with Crippen molar-refractivity contribution in [3.63, 3.8) is 0 Å². The number of nitrogens with one attached hydrogen (secondary N) is 1. The Morgan fingerprint density at radius 2 is 2.08 bits per heavy atom. The summed E-state index contributed by atoms with van der Waals surface area (Å²) in [6.07, 6.45) is 9.50. The maximum absolute atomic E-state index is 12.3. The van der Waals surface area contributed by atoms with Crippen LogP contribution in [0.3, 0.4) is 0 Å². The van der Waals surface area contributed by atoms with E-state index in [-0.39, 0.29) is 5.91 Å². The van der Waals surface area contributed by atoms with Crippen molar-refractivity contribution < 1.29 is 4.79 Å². The van der Waals surface area contributed by atoms with Crippen LogP contribution in [0.15, 0.2) is 30.5 Å². The molecule has 0 spiro atoms. The van der Waals surface area contributed by atoms with Gasteiger partial charge in [0.25, 0.3) is 0 Å². The molecule has 24 heavy (non-hydrogen) atoms. The summed E-state index contributed by atoms with van der Waals surface area (Å²) in [5.74, 6) is 1.80. The lowest BCUT2D eigenvalue weighted by Gasteiger charge is -2.24. The van der Waals surface area contributed by atoms with Crippen LogP contribution in [0.1, 0.15) is 48.3 Å². The predicted octanol–water partition coefficient (Wildman–Crippen LogP) is 3.03. The number of imidazole rings is 1. The van der Waals surface area contributed by atoms with Crippen LogP contribution in [-0.4, -0.2) is 15.5 Å². The molecular weight excluding hydrogens is 298 g/mol. The predicted molar refractivity (Wildman–Crippen MR) is 93.6 cm³/mol. The van der Waals surface area contributed by atoms with Crippen LogP contribution in [0.5, 0.6) is 0 Å². The second-order valence-electron chi connectivity index (χ2n) is 7.16. The molecule has 4 rings (SSSR count). The van der Waals surface area contributed by atoms with Gasteiger partial charge in [-0.1, -0.05) is 24.3 Å². The molecule has 0 bridgehead atoms. The minimum Gasteiger partial charge on any atom is -0.350 e. The molecule has 1 amide bonds. The number of aromatic nitrogens is 2. The van der Waals surface area contributed by atoms with Gasteiger partial charge in [-0.3, -0.25) is 4.79 Å². The van der Waals surface area contributed by atoms with E-state index in [0.29, 0.717) is 18.9 Å². The Bertz CT molecular complexity index is 711. The highest BCUT2D eigenvalue weighted by molar-refractivity contribution is 5.76. The minimum atomic E-state index is 0.158. The summed E-state index contributed by atoms with van der Waals surface area (Å²) < 4.78 is 2.24. The number of hydrogen-bond donors (Lipinski definition) is 1. The van der Waals surface area contributed by atoms with Gasteiger partial charge in [-0.2, -0.15) is 0 Å². The summed E-state index contributed by atoms with van der Waals surface area (Å²) >= 11 is 0. The SMILES string of the molecule is O=C(C[C@H]1CCc2ccccc2C1)NCc1cn2c(n1)CCCC2. The third-order valence-corrected chi connectivity index (χ3v) is 5.35. The van der Waals surface area contributed by atoms with Crippen molar-refractivity contribution in [3.8, 4) is 0 Å². The molecule has 1 aromatic carbocycles. The molecule has 2 heterocycles. The van der Waals surface area contributed by atoms with Crippen molar-refractivity contribution in [2.24, 2.45) is 5.92 Å². The molecule has 1 N–H and O–H groups in total. The zero-order valence-electron chi connectivity index (χ0n) is 14.1. The number of nitrogens with zero attached hydrogens (tertiary/aromatic N) is 2. The van der Waals surface area contributed by atoms with Crippen molar-refractivity contribution in [1.29, 1.82) is 0 Å². The number of carbonyl (C=O) groups is 1. The lowest BCUT2D eigenvalue weighted by molar-refractivity contribution is -0.122. The second-order valence-corrected chi connectivity index (χ2v) is 7.16. The van der Waals surface area contributed by atoms with E-state index < -0.39 is 0 Å². The zero-order valence-corrected chi connectivity index (χ0v) is 14.1. The van der Waals surface area contributed by atoms with E-state index >= 15 is 0 Å². The monoisotopic (exact) mass is 323 g/mol. The molecule has 1 atom stereocenters. The van der Waals surface area contributed by atoms with Gasteiger partial charge in [0.1, 0.15) is 5.82 Å². The van der Waals surface area contributed by atoms with Crippen molar-refractivity contribution >= 4 is 5.91 Å². The molecule has 4 nitrogen and oxygen atoms in total. The Kier molecular flexibility index (Phi) is 4.37. The van der Waals surface area contributed by atoms with Crippen LogP contribution in [-0.2, 0) is 37.1 Å². The molecule has 0 fully saturated rings. The largest absolute Gasteiger partial charge is 0.350 e. The second kappa shape index (κ2) is 6.80. The fraction of sp³-hybridized carbons (Fsp3) is 0.500. The number of benzene rings is 1. The fourth-order valence-corrected chi connectivity index (χ4v) is 4.03. The van der Waals surface area contributed by atoms with Gasteiger partial charge in [-0.15, -0.1) is 0 Å². The highest BCUT2D eigenvalue weighted by atomic mass is 16.1. The Morgan fingerprint density at radius 3 is 2.96 bits per heavy atom. The fourth-order valence-electron chi connectivity index (χ4n) is 4.03. The molecule has 0 unspecified atom stereocenters. The average molecular weight is 323 g/mol. The quantitative estimate of drug-likeness (QED) is 0.940. The molecule has 126 valence electrons. The third-order valence-electron chi connectivity index (χ3n) is 5.35. The molecule has 1 aromatic heterocycles. The maximum atomic E-state index is 12.3. The summed E-state index contributed by atoms with van der Waals surface area (Å²) in [7, 11) is 0. The van der Waals surface area contributed by atoms with Crippen molar-refractivity contribution in [2.45, 2.75) is 58.0 Å². The number of amides is 1. The van der Waals surface area contributed by atoms with Crippen LogP contribution in [0.25, 0.3) is 0 Å². The first-order valence-corrected chi connectivity index (χ1v) is 9.16. The van der Waals surface area contributed by atoms with Gasteiger partial charge in [0.2, 0.25) is 5.91 Å². The Balaban J connectivity index is 1.29. The molecule has 0 radical (unpaired) electrons. The summed E-state index contributed by atoms with van der Waals surface area (Å²) in [6.45, 7) is 1.62. The van der Waals surface area contributed by atoms with Gasteiger partial charge < -0.3 is 9.88 Å². The van der Waals surface area contributed by atoms with Gasteiger partial charge >= 0.3 is 0 Å². The van der Waals surface area contributed by atoms with Crippen LogP contribution < -0.4 is 5.32 Å². The van der Waals surface area contributed by atoms with Gasteiger partial charge in [0.05, 0.1) is 12.2 Å². The van der Waals surface area contributed by atoms with Crippen molar-refractivity contribution in [1.82, 2.24) is 14.9 Å². The number of hydrogen-bond acceptors (Lipinski definition) is 2. The highest BCUT2D eigenvalue weighted by Gasteiger charge is 2.21. The molecule has 1 aliphatic heterocycles. The Labute approximate surface area is 143 Å². The van der Waals surface area contributed by atoms with Crippen LogP contribution in [0.4, 0.5) is 0 Å². The summed E-state index contributed by atoms with van der Waals surface area (Å²) in [5.41, 5.74) is 3.87. The van der Waals surface area contributed by atoms with Crippen LogP contribution in [0.2, 0.25) is 0 Å². The van der Waals surface area contributed by atoms with E-state index in [1.54, 1.807) is 0 Å². The molecular formula is C20H25N3O. The van der Waals surface area contributed by atoms with E-state index in [9.17, 15) is 4.79 Å². The van der Waals surface area contributed by atoms with Gasteiger partial charge in [0.15, 0.2) is 0 Å². The Morgan fingerprint density at radius 1 is 1.21 bits per heavy atom.